The maximum atomic E-state index is 10.6. The predicted octanol–water partition coefficient (Wildman–Crippen LogP) is 3.86. The second-order valence-electron chi connectivity index (χ2n) is 8.44. The Hall–Kier alpha value is -3.31. The van der Waals surface area contributed by atoms with Gasteiger partial charge in [-0.25, -0.2) is 4.68 Å². The van der Waals surface area contributed by atoms with Crippen molar-refractivity contribution in [3.63, 3.8) is 0 Å². The van der Waals surface area contributed by atoms with Crippen LogP contribution in [-0.4, -0.2) is 58.8 Å². The smallest absolute Gasteiger partial charge is 0.222 e. The van der Waals surface area contributed by atoms with Crippen molar-refractivity contribution >= 4 is 0 Å². The van der Waals surface area contributed by atoms with Crippen molar-refractivity contribution in [2.45, 2.75) is 31.5 Å². The molecule has 3 aromatic rings. The van der Waals surface area contributed by atoms with Crippen molar-refractivity contribution in [2.75, 3.05) is 26.9 Å². The summed E-state index contributed by atoms with van der Waals surface area (Å²) in [5.41, 5.74) is 2.85. The van der Waals surface area contributed by atoms with Crippen LogP contribution >= 0.6 is 0 Å². The minimum Gasteiger partial charge on any atom is -0.497 e. The van der Waals surface area contributed by atoms with E-state index >= 15 is 0 Å². The number of aromatic nitrogens is 2. The molecule has 1 saturated carbocycles. The van der Waals surface area contributed by atoms with Gasteiger partial charge in [0.15, 0.2) is 0 Å². The molecule has 0 aliphatic heterocycles. The molecule has 7 heteroatoms. The molecule has 0 amide bonds. The molecule has 1 fully saturated rings. The topological polar surface area (TPSA) is 69.0 Å². The molecule has 1 unspecified atom stereocenters. The van der Waals surface area contributed by atoms with E-state index in [1.165, 1.54) is 0 Å². The number of aliphatic hydroxyl groups excluding tert-OH is 1. The Balaban J connectivity index is 1.64. The van der Waals surface area contributed by atoms with Crippen molar-refractivity contribution in [1.29, 1.82) is 0 Å². The molecule has 1 aliphatic carbocycles. The monoisotopic (exact) mass is 461 g/mol. The third-order valence-corrected chi connectivity index (χ3v) is 5.76. The first kappa shape index (κ1) is 23.8. The Morgan fingerprint density at radius 2 is 1.94 bits per heavy atom. The van der Waals surface area contributed by atoms with Crippen molar-refractivity contribution in [2.24, 2.45) is 7.05 Å². The van der Waals surface area contributed by atoms with Gasteiger partial charge in [-0.05, 0) is 25.0 Å². The molecule has 0 bridgehead atoms. The van der Waals surface area contributed by atoms with E-state index in [-0.39, 0.29) is 13.2 Å². The Bertz CT molecular complexity index is 1120. The number of methoxy groups -OCH3 is 1. The lowest BCUT2D eigenvalue weighted by Crippen LogP contribution is -2.36. The van der Waals surface area contributed by atoms with Gasteiger partial charge in [-0.2, -0.15) is 5.10 Å². The molecule has 4 rings (SSSR count). The zero-order valence-corrected chi connectivity index (χ0v) is 19.7. The van der Waals surface area contributed by atoms with E-state index in [2.05, 4.69) is 10.8 Å². The van der Waals surface area contributed by atoms with Gasteiger partial charge in [0.1, 0.15) is 23.8 Å². The standard InChI is InChI=1S/C27H31N3O4/c1-4-15-33-19-22(31)17-30(21-13-14-21)18-25-26(20-9-6-5-7-10-20)28-29(2)27(25)34-24-12-8-11-23(16-24)32-3/h1,5-12,16,21-22,31H,13-15,17-19H2,2-3H3. The quantitative estimate of drug-likeness (QED) is 0.326. The average molecular weight is 462 g/mol. The first-order valence-corrected chi connectivity index (χ1v) is 11.5. The molecular formula is C27H31N3O4. The summed E-state index contributed by atoms with van der Waals surface area (Å²) in [6, 6.07) is 18.0. The van der Waals surface area contributed by atoms with E-state index in [0.29, 0.717) is 30.8 Å². The van der Waals surface area contributed by atoms with Crippen LogP contribution in [0.1, 0.15) is 18.4 Å². The van der Waals surface area contributed by atoms with Crippen LogP contribution in [0.25, 0.3) is 11.3 Å². The van der Waals surface area contributed by atoms with E-state index in [4.69, 9.17) is 25.7 Å². The molecule has 1 atom stereocenters. The fraction of sp³-hybridized carbons (Fsp3) is 0.370. The highest BCUT2D eigenvalue weighted by atomic mass is 16.5. The number of benzene rings is 2. The Morgan fingerprint density at radius 3 is 2.65 bits per heavy atom. The summed E-state index contributed by atoms with van der Waals surface area (Å²) in [5.74, 6) is 4.49. The van der Waals surface area contributed by atoms with Crippen LogP contribution in [0, 0.1) is 12.3 Å². The van der Waals surface area contributed by atoms with Crippen molar-refractivity contribution in [1.82, 2.24) is 14.7 Å². The molecular weight excluding hydrogens is 430 g/mol. The zero-order valence-electron chi connectivity index (χ0n) is 19.7. The van der Waals surface area contributed by atoms with Crippen LogP contribution in [0.5, 0.6) is 17.4 Å². The van der Waals surface area contributed by atoms with Crippen LogP contribution in [0.15, 0.2) is 54.6 Å². The number of hydrogen-bond donors (Lipinski definition) is 1. The Labute approximate surface area is 200 Å². The molecule has 1 aromatic heterocycles. The van der Waals surface area contributed by atoms with E-state index in [1.54, 1.807) is 11.8 Å². The van der Waals surface area contributed by atoms with Crippen LogP contribution < -0.4 is 9.47 Å². The molecule has 2 aromatic carbocycles. The average Bonchev–Trinajstić information content (AvgIpc) is 3.66. The molecule has 1 heterocycles. The normalized spacial score (nSPS) is 14.1. The Kier molecular flexibility index (Phi) is 7.86. The first-order chi connectivity index (χ1) is 16.6. The minimum absolute atomic E-state index is 0.194. The largest absolute Gasteiger partial charge is 0.497 e. The summed E-state index contributed by atoms with van der Waals surface area (Å²) >= 11 is 0. The number of aryl methyl sites for hydroxylation is 1. The van der Waals surface area contributed by atoms with Gasteiger partial charge in [0.2, 0.25) is 5.88 Å². The lowest BCUT2D eigenvalue weighted by atomic mass is 10.1. The summed E-state index contributed by atoms with van der Waals surface area (Å²) in [6.07, 6.45) is 6.82. The lowest BCUT2D eigenvalue weighted by molar-refractivity contribution is 0.0241. The lowest BCUT2D eigenvalue weighted by Gasteiger charge is -2.25. The minimum atomic E-state index is -0.631. The third-order valence-electron chi connectivity index (χ3n) is 5.76. The number of aliphatic hydroxyl groups is 1. The fourth-order valence-electron chi connectivity index (χ4n) is 3.99. The summed E-state index contributed by atoms with van der Waals surface area (Å²) in [7, 11) is 3.52. The Morgan fingerprint density at radius 1 is 1.18 bits per heavy atom. The molecule has 34 heavy (non-hydrogen) atoms. The number of hydrogen-bond acceptors (Lipinski definition) is 6. The zero-order chi connectivity index (χ0) is 23.9. The van der Waals surface area contributed by atoms with Gasteiger partial charge in [0.25, 0.3) is 0 Å². The van der Waals surface area contributed by atoms with Crippen LogP contribution in [0.2, 0.25) is 0 Å². The van der Waals surface area contributed by atoms with Gasteiger partial charge in [-0.3, -0.25) is 4.90 Å². The third kappa shape index (κ3) is 5.97. The number of nitrogens with zero attached hydrogens (tertiary/aromatic N) is 3. The maximum absolute atomic E-state index is 10.6. The van der Waals surface area contributed by atoms with Gasteiger partial charge in [0, 0.05) is 37.8 Å². The molecule has 1 N–H and O–H groups in total. The van der Waals surface area contributed by atoms with Gasteiger partial charge < -0.3 is 19.3 Å². The number of rotatable bonds is 12. The molecule has 0 saturated heterocycles. The summed E-state index contributed by atoms with van der Waals surface area (Å²) in [6.45, 7) is 1.48. The van der Waals surface area contributed by atoms with Gasteiger partial charge in [0.05, 0.1) is 25.4 Å². The molecule has 0 radical (unpaired) electrons. The van der Waals surface area contributed by atoms with Crippen LogP contribution in [-0.2, 0) is 18.3 Å². The summed E-state index contributed by atoms with van der Waals surface area (Å²) in [4.78, 5) is 2.28. The predicted molar refractivity (Wildman–Crippen MR) is 131 cm³/mol. The molecule has 1 aliphatic rings. The van der Waals surface area contributed by atoms with E-state index in [0.717, 1.165) is 35.4 Å². The first-order valence-electron chi connectivity index (χ1n) is 11.5. The molecule has 0 spiro atoms. The SMILES string of the molecule is C#CCOCC(O)CN(Cc1c(-c2ccccc2)nn(C)c1Oc1cccc(OC)c1)C1CC1. The number of ether oxygens (including phenoxy) is 3. The highest BCUT2D eigenvalue weighted by molar-refractivity contribution is 5.65. The second-order valence-corrected chi connectivity index (χ2v) is 8.44. The highest BCUT2D eigenvalue weighted by Crippen LogP contribution is 2.37. The summed E-state index contributed by atoms with van der Waals surface area (Å²) in [5, 5.41) is 15.4. The van der Waals surface area contributed by atoms with E-state index in [9.17, 15) is 5.11 Å². The molecule has 178 valence electrons. The van der Waals surface area contributed by atoms with E-state index < -0.39 is 6.10 Å². The van der Waals surface area contributed by atoms with Crippen molar-refractivity contribution < 1.29 is 19.3 Å². The number of terminal acetylenes is 1. The van der Waals surface area contributed by atoms with Crippen LogP contribution in [0.3, 0.4) is 0 Å². The highest BCUT2D eigenvalue weighted by Gasteiger charge is 2.33. The van der Waals surface area contributed by atoms with Crippen molar-refractivity contribution in [3.05, 3.63) is 60.2 Å². The van der Waals surface area contributed by atoms with Crippen molar-refractivity contribution in [3.8, 4) is 41.0 Å². The van der Waals surface area contributed by atoms with Gasteiger partial charge >= 0.3 is 0 Å². The van der Waals surface area contributed by atoms with Gasteiger partial charge in [-0.1, -0.05) is 42.3 Å². The van der Waals surface area contributed by atoms with Crippen LogP contribution in [0.4, 0.5) is 0 Å². The molecule has 7 nitrogen and oxygen atoms in total. The van der Waals surface area contributed by atoms with E-state index in [1.807, 2.05) is 61.6 Å². The second kappa shape index (κ2) is 11.2. The maximum Gasteiger partial charge on any atom is 0.222 e. The fourth-order valence-corrected chi connectivity index (χ4v) is 3.99. The summed E-state index contributed by atoms with van der Waals surface area (Å²) < 4.78 is 18.8. The van der Waals surface area contributed by atoms with Gasteiger partial charge in [-0.15, -0.1) is 6.42 Å².